The quantitative estimate of drug-likeness (QED) is 0.213. The van der Waals surface area contributed by atoms with Gasteiger partial charge in [-0.15, -0.1) is 0 Å². The molecule has 0 radical (unpaired) electrons. The number of hydrogen-bond acceptors (Lipinski definition) is 6. The van der Waals surface area contributed by atoms with E-state index in [1.54, 1.807) is 0 Å². The van der Waals surface area contributed by atoms with Crippen LogP contribution in [-0.2, 0) is 9.59 Å². The van der Waals surface area contributed by atoms with E-state index in [0.29, 0.717) is 0 Å². The number of benzene rings is 2. The molecule has 1 saturated heterocycles. The van der Waals surface area contributed by atoms with Crippen LogP contribution in [0.4, 0.5) is 32.4 Å². The van der Waals surface area contributed by atoms with Crippen molar-refractivity contribution in [2.24, 2.45) is 0 Å². The number of nitrogens with zero attached hydrogens (tertiary/aromatic N) is 3. The van der Waals surface area contributed by atoms with E-state index in [1.807, 2.05) is 0 Å². The number of halogens is 5. The van der Waals surface area contributed by atoms with Crippen LogP contribution < -0.4 is 9.64 Å². The van der Waals surface area contributed by atoms with Gasteiger partial charge in [0.15, 0.2) is 0 Å². The first-order valence-corrected chi connectivity index (χ1v) is 10.4. The van der Waals surface area contributed by atoms with E-state index in [4.69, 9.17) is 4.74 Å². The Bertz CT molecular complexity index is 1410. The number of alkyl halides is 3. The summed E-state index contributed by atoms with van der Waals surface area (Å²) in [5.74, 6) is -8.15. The molecule has 1 fully saturated rings. The molecule has 0 saturated carbocycles. The molecule has 8 nitrogen and oxygen atoms in total. The lowest BCUT2D eigenvalue weighted by molar-refractivity contribution is -0.198. The number of rotatable bonds is 5. The average molecular weight is 519 g/mol. The number of aromatic nitrogens is 1. The van der Waals surface area contributed by atoms with Crippen molar-refractivity contribution < 1.29 is 45.9 Å². The Morgan fingerprint density at radius 3 is 2.14 bits per heavy atom. The molecule has 13 heteroatoms. The highest BCUT2D eigenvalue weighted by Gasteiger charge is 2.50. The van der Waals surface area contributed by atoms with E-state index in [-0.39, 0.29) is 26.6 Å². The van der Waals surface area contributed by atoms with Crippen LogP contribution in [0.25, 0.3) is 0 Å². The molecule has 0 spiro atoms. The van der Waals surface area contributed by atoms with Crippen LogP contribution in [-0.4, -0.2) is 39.8 Å². The minimum Gasteiger partial charge on any atom is -0.460 e. The van der Waals surface area contributed by atoms with Gasteiger partial charge in [0.25, 0.3) is 5.91 Å². The Morgan fingerprint density at radius 1 is 0.946 bits per heavy atom. The molecule has 5 amide bonds. The van der Waals surface area contributed by atoms with Crippen molar-refractivity contribution in [1.29, 1.82) is 0 Å². The number of pyridine rings is 1. The summed E-state index contributed by atoms with van der Waals surface area (Å²) in [6.45, 7) is 1.27. The number of anilines is 1. The van der Waals surface area contributed by atoms with Crippen molar-refractivity contribution in [3.63, 3.8) is 0 Å². The molecule has 3 aromatic rings. The van der Waals surface area contributed by atoms with E-state index in [9.17, 15) is 41.1 Å². The van der Waals surface area contributed by atoms with Gasteiger partial charge in [0.1, 0.15) is 17.2 Å². The third-order valence-electron chi connectivity index (χ3n) is 5.25. The molecular weight excluding hydrogens is 505 g/mol. The van der Waals surface area contributed by atoms with Gasteiger partial charge in [-0.2, -0.15) is 18.1 Å². The number of imide groups is 4. The second-order valence-corrected chi connectivity index (χ2v) is 7.73. The van der Waals surface area contributed by atoms with Gasteiger partial charge in [-0.05, 0) is 25.1 Å². The highest BCUT2D eigenvalue weighted by atomic mass is 19.4. The van der Waals surface area contributed by atoms with Gasteiger partial charge in [-0.1, -0.05) is 36.4 Å². The fourth-order valence-electron chi connectivity index (χ4n) is 3.54. The zero-order valence-electron chi connectivity index (χ0n) is 18.6. The number of urea groups is 1. The van der Waals surface area contributed by atoms with Gasteiger partial charge in [0, 0.05) is 11.1 Å². The molecule has 2 aromatic carbocycles. The van der Waals surface area contributed by atoms with Gasteiger partial charge in [-0.3, -0.25) is 14.4 Å². The number of ether oxygens (including phenoxy) is 1. The predicted molar refractivity (Wildman–Crippen MR) is 115 cm³/mol. The van der Waals surface area contributed by atoms with Gasteiger partial charge in [0.2, 0.25) is 12.0 Å². The van der Waals surface area contributed by atoms with Crippen molar-refractivity contribution in [2.75, 3.05) is 4.90 Å². The lowest BCUT2D eigenvalue weighted by atomic mass is 10.1. The molecule has 0 N–H and O–H groups in total. The smallest absolute Gasteiger partial charge is 0.429 e. The fourth-order valence-corrected chi connectivity index (χ4v) is 3.54. The summed E-state index contributed by atoms with van der Waals surface area (Å²) in [6, 6.07) is 8.59. The molecule has 1 unspecified atom stereocenters. The van der Waals surface area contributed by atoms with Crippen molar-refractivity contribution in [3.05, 3.63) is 89.1 Å². The number of carbonyl (C=O) groups is 4. The Labute approximate surface area is 204 Å². The highest BCUT2D eigenvalue weighted by Crippen LogP contribution is 2.37. The van der Waals surface area contributed by atoms with Crippen LogP contribution >= 0.6 is 0 Å². The van der Waals surface area contributed by atoms with E-state index in [1.165, 1.54) is 37.3 Å². The summed E-state index contributed by atoms with van der Waals surface area (Å²) in [6.07, 6.45) is -6.42. The molecule has 190 valence electrons. The van der Waals surface area contributed by atoms with Gasteiger partial charge in [-0.25, -0.2) is 23.5 Å². The molecule has 0 aliphatic carbocycles. The zero-order valence-corrected chi connectivity index (χ0v) is 18.6. The molecule has 37 heavy (non-hydrogen) atoms. The van der Waals surface area contributed by atoms with Crippen LogP contribution in [0.2, 0.25) is 0 Å². The van der Waals surface area contributed by atoms with E-state index in [2.05, 4.69) is 4.98 Å². The Morgan fingerprint density at radius 2 is 1.57 bits per heavy atom. The first-order valence-electron chi connectivity index (χ1n) is 10.4. The molecule has 0 bridgehead atoms. The SMILES string of the molecule is Cc1cc(N2C(=O)C(=O)N(C(=O)c3c(F)cccc3F)C2=O)cnc1OC(c1ccccc1)C(F)(F)F. The Hall–Kier alpha value is -4.68. The van der Waals surface area contributed by atoms with Crippen LogP contribution in [0.5, 0.6) is 5.88 Å². The Balaban J connectivity index is 1.64. The van der Waals surface area contributed by atoms with Crippen molar-refractivity contribution in [3.8, 4) is 5.88 Å². The van der Waals surface area contributed by atoms with Crippen molar-refractivity contribution >= 4 is 29.4 Å². The number of carbonyl (C=O) groups excluding carboxylic acids is 4. The first kappa shape index (κ1) is 25.4. The largest absolute Gasteiger partial charge is 0.460 e. The number of aryl methyl sites for hydroxylation is 1. The van der Waals surface area contributed by atoms with Crippen LogP contribution in [0.1, 0.15) is 27.6 Å². The van der Waals surface area contributed by atoms with Gasteiger partial charge < -0.3 is 4.74 Å². The minimum absolute atomic E-state index is 0.0549. The maximum Gasteiger partial charge on any atom is 0.429 e. The normalized spacial score (nSPS) is 14.8. The Kier molecular flexibility index (Phi) is 6.46. The molecule has 1 atom stereocenters. The summed E-state index contributed by atoms with van der Waals surface area (Å²) in [7, 11) is 0. The van der Waals surface area contributed by atoms with Crippen molar-refractivity contribution in [2.45, 2.75) is 19.2 Å². The average Bonchev–Trinajstić information content (AvgIpc) is 3.05. The molecule has 1 aliphatic heterocycles. The molecular formula is C24H14F5N3O5. The maximum absolute atomic E-state index is 14.0. The van der Waals surface area contributed by atoms with Gasteiger partial charge in [0.05, 0.1) is 11.9 Å². The lowest BCUT2D eigenvalue weighted by Gasteiger charge is -2.23. The van der Waals surface area contributed by atoms with E-state index < -0.39 is 59.1 Å². The molecule has 2 heterocycles. The lowest BCUT2D eigenvalue weighted by Crippen LogP contribution is -2.39. The summed E-state index contributed by atoms with van der Waals surface area (Å²) in [4.78, 5) is 54.0. The standard InChI is InChI=1S/C24H14F5N3O5/c1-12-10-14(11-30-19(12)37-18(24(27,28)29)13-6-3-2-4-7-13)31-21(34)22(35)32(23(31)36)20(33)17-15(25)8-5-9-16(17)26/h2-11,18H,1H3. The highest BCUT2D eigenvalue weighted by molar-refractivity contribution is 6.56. The van der Waals surface area contributed by atoms with Gasteiger partial charge >= 0.3 is 24.0 Å². The van der Waals surface area contributed by atoms with Crippen LogP contribution in [0.15, 0.2) is 60.8 Å². The van der Waals surface area contributed by atoms with E-state index >= 15 is 0 Å². The molecule has 1 aliphatic rings. The second-order valence-electron chi connectivity index (χ2n) is 7.73. The summed E-state index contributed by atoms with van der Waals surface area (Å²) < 4.78 is 74.0. The number of amides is 5. The third-order valence-corrected chi connectivity index (χ3v) is 5.25. The van der Waals surface area contributed by atoms with E-state index in [0.717, 1.165) is 30.5 Å². The summed E-state index contributed by atoms with van der Waals surface area (Å²) in [5, 5.41) is 0. The number of hydrogen-bond donors (Lipinski definition) is 0. The first-order chi connectivity index (χ1) is 17.4. The second kappa shape index (κ2) is 9.41. The zero-order chi connectivity index (χ0) is 27.1. The monoisotopic (exact) mass is 519 g/mol. The topological polar surface area (TPSA) is 96.9 Å². The molecule has 1 aromatic heterocycles. The summed E-state index contributed by atoms with van der Waals surface area (Å²) in [5.41, 5.74) is -1.87. The molecule has 4 rings (SSSR count). The predicted octanol–water partition coefficient (Wildman–Crippen LogP) is 4.49. The van der Waals surface area contributed by atoms with Crippen LogP contribution in [0.3, 0.4) is 0 Å². The van der Waals surface area contributed by atoms with Crippen LogP contribution in [0, 0.1) is 18.6 Å². The summed E-state index contributed by atoms with van der Waals surface area (Å²) >= 11 is 0. The minimum atomic E-state index is -4.82. The maximum atomic E-state index is 14.0. The third kappa shape index (κ3) is 4.62. The fraction of sp³-hybridized carbons (Fsp3) is 0.125. The van der Waals surface area contributed by atoms with Crippen molar-refractivity contribution in [1.82, 2.24) is 9.88 Å².